The number of hydrogen-bond donors (Lipinski definition) is 0. The van der Waals surface area contributed by atoms with Gasteiger partial charge in [0.15, 0.2) is 0 Å². The molecule has 126 valence electrons. The second-order valence-electron chi connectivity index (χ2n) is 7.10. The molecule has 0 aromatic rings. The van der Waals surface area contributed by atoms with Crippen molar-refractivity contribution in [3.05, 3.63) is 0 Å². The van der Waals surface area contributed by atoms with Gasteiger partial charge in [-0.25, -0.2) is 0 Å². The molecule has 1 aliphatic rings. The van der Waals surface area contributed by atoms with Crippen LogP contribution in [0.3, 0.4) is 0 Å². The summed E-state index contributed by atoms with van der Waals surface area (Å²) in [5, 5.41) is 0. The third-order valence-corrected chi connectivity index (χ3v) is 5.30. The van der Waals surface area contributed by atoms with Crippen LogP contribution in [0.2, 0.25) is 0 Å². The molecule has 1 atom stereocenters. The first kappa shape index (κ1) is 19.0. The van der Waals surface area contributed by atoms with Gasteiger partial charge >= 0.3 is 0 Å². The first-order valence-corrected chi connectivity index (χ1v) is 10.1. The van der Waals surface area contributed by atoms with Gasteiger partial charge in [-0.1, -0.05) is 90.9 Å². The highest BCUT2D eigenvalue weighted by molar-refractivity contribution is 4.77. The van der Waals surface area contributed by atoms with Gasteiger partial charge < -0.3 is 4.90 Å². The summed E-state index contributed by atoms with van der Waals surface area (Å²) in [5.41, 5.74) is 0. The van der Waals surface area contributed by atoms with Gasteiger partial charge in [0.1, 0.15) is 0 Å². The summed E-state index contributed by atoms with van der Waals surface area (Å²) in [6, 6.07) is 0.929. The van der Waals surface area contributed by atoms with Crippen LogP contribution in [0.25, 0.3) is 0 Å². The van der Waals surface area contributed by atoms with Crippen molar-refractivity contribution in [3.63, 3.8) is 0 Å². The number of nitrogens with zero attached hydrogens (tertiary/aromatic N) is 1. The molecule has 0 saturated carbocycles. The van der Waals surface area contributed by atoms with Crippen molar-refractivity contribution in [2.45, 2.75) is 116 Å². The van der Waals surface area contributed by atoms with Crippen molar-refractivity contribution in [3.8, 4) is 0 Å². The minimum absolute atomic E-state index is 0.929. The molecule has 21 heavy (non-hydrogen) atoms. The van der Waals surface area contributed by atoms with Gasteiger partial charge in [-0.15, -0.1) is 0 Å². The quantitative estimate of drug-likeness (QED) is 0.328. The summed E-state index contributed by atoms with van der Waals surface area (Å²) in [6.45, 7) is 7.25. The zero-order chi connectivity index (χ0) is 15.2. The average Bonchev–Trinajstić information content (AvgIpc) is 2.96. The molecule has 1 nitrogen and oxygen atoms in total. The van der Waals surface area contributed by atoms with Crippen molar-refractivity contribution in [1.82, 2.24) is 4.90 Å². The molecule has 0 radical (unpaired) electrons. The second kappa shape index (κ2) is 13.6. The summed E-state index contributed by atoms with van der Waals surface area (Å²) in [4.78, 5) is 2.69. The number of likely N-dealkylation sites (tertiary alicyclic amines) is 1. The van der Waals surface area contributed by atoms with Crippen LogP contribution in [0.5, 0.6) is 0 Å². The predicted octanol–water partition coefficient (Wildman–Crippen LogP) is 6.56. The largest absolute Gasteiger partial charge is 0.301 e. The van der Waals surface area contributed by atoms with Crippen LogP contribution in [-0.4, -0.2) is 24.0 Å². The molecule has 1 heterocycles. The van der Waals surface area contributed by atoms with Gasteiger partial charge in [-0.2, -0.15) is 0 Å². The first-order chi connectivity index (χ1) is 10.4. The van der Waals surface area contributed by atoms with E-state index in [1.807, 2.05) is 0 Å². The minimum atomic E-state index is 0.929. The maximum absolute atomic E-state index is 2.69. The van der Waals surface area contributed by atoms with Gasteiger partial charge in [-0.05, 0) is 32.4 Å². The van der Waals surface area contributed by atoms with Crippen molar-refractivity contribution < 1.29 is 0 Å². The molecule has 0 amide bonds. The van der Waals surface area contributed by atoms with Crippen LogP contribution >= 0.6 is 0 Å². The molecule has 1 rings (SSSR count). The molecule has 1 aliphatic heterocycles. The Morgan fingerprint density at radius 3 is 1.76 bits per heavy atom. The van der Waals surface area contributed by atoms with Gasteiger partial charge in [0.05, 0.1) is 0 Å². The van der Waals surface area contributed by atoms with Gasteiger partial charge in [-0.3, -0.25) is 0 Å². The number of rotatable bonds is 14. The molecule has 1 saturated heterocycles. The van der Waals surface area contributed by atoms with Crippen molar-refractivity contribution >= 4 is 0 Å². The van der Waals surface area contributed by atoms with Gasteiger partial charge in [0, 0.05) is 6.04 Å². The lowest BCUT2D eigenvalue weighted by molar-refractivity contribution is 0.250. The highest BCUT2D eigenvalue weighted by Crippen LogP contribution is 2.22. The zero-order valence-electron chi connectivity index (χ0n) is 15.0. The lowest BCUT2D eigenvalue weighted by Gasteiger charge is -2.22. The molecule has 1 fully saturated rings. The fourth-order valence-electron chi connectivity index (χ4n) is 3.86. The van der Waals surface area contributed by atoms with E-state index in [0.717, 1.165) is 6.04 Å². The van der Waals surface area contributed by atoms with E-state index in [0.29, 0.717) is 0 Å². The van der Waals surface area contributed by atoms with E-state index in [4.69, 9.17) is 0 Å². The normalized spacial score (nSPS) is 19.4. The lowest BCUT2D eigenvalue weighted by atomic mass is 10.0. The fraction of sp³-hybridized carbons (Fsp3) is 1.00. The fourth-order valence-corrected chi connectivity index (χ4v) is 3.86. The molecule has 0 aromatic carbocycles. The maximum Gasteiger partial charge on any atom is 0.00956 e. The molecular formula is C20H41N. The smallest absolute Gasteiger partial charge is 0.00956 e. The van der Waals surface area contributed by atoms with Crippen LogP contribution in [0.1, 0.15) is 110 Å². The Balaban J connectivity index is 1.76. The monoisotopic (exact) mass is 295 g/mol. The zero-order valence-corrected chi connectivity index (χ0v) is 15.0. The van der Waals surface area contributed by atoms with Crippen molar-refractivity contribution in [2.75, 3.05) is 13.1 Å². The Morgan fingerprint density at radius 2 is 1.24 bits per heavy atom. The number of unbranched alkanes of at least 4 members (excludes halogenated alkanes) is 11. The Bertz CT molecular complexity index is 214. The van der Waals surface area contributed by atoms with Crippen LogP contribution in [-0.2, 0) is 0 Å². The maximum atomic E-state index is 2.69. The summed E-state index contributed by atoms with van der Waals surface area (Å²) < 4.78 is 0. The Morgan fingerprint density at radius 1 is 0.714 bits per heavy atom. The van der Waals surface area contributed by atoms with E-state index < -0.39 is 0 Å². The van der Waals surface area contributed by atoms with Crippen LogP contribution in [0.4, 0.5) is 0 Å². The summed E-state index contributed by atoms with van der Waals surface area (Å²) in [7, 11) is 0. The molecule has 0 aromatic heterocycles. The third kappa shape index (κ3) is 9.55. The van der Waals surface area contributed by atoms with Crippen LogP contribution in [0.15, 0.2) is 0 Å². The molecule has 0 spiro atoms. The first-order valence-electron chi connectivity index (χ1n) is 10.1. The van der Waals surface area contributed by atoms with Crippen molar-refractivity contribution in [1.29, 1.82) is 0 Å². The number of hydrogen-bond acceptors (Lipinski definition) is 1. The van der Waals surface area contributed by atoms with E-state index >= 15 is 0 Å². The predicted molar refractivity (Wildman–Crippen MR) is 96.0 cm³/mol. The highest BCUT2D eigenvalue weighted by Gasteiger charge is 2.21. The van der Waals surface area contributed by atoms with Crippen LogP contribution in [0, 0.1) is 0 Å². The minimum Gasteiger partial charge on any atom is -0.301 e. The van der Waals surface area contributed by atoms with Gasteiger partial charge in [0.25, 0.3) is 0 Å². The van der Waals surface area contributed by atoms with Crippen molar-refractivity contribution in [2.24, 2.45) is 0 Å². The van der Waals surface area contributed by atoms with E-state index in [9.17, 15) is 0 Å². The molecule has 0 aliphatic carbocycles. The second-order valence-corrected chi connectivity index (χ2v) is 7.10. The Hall–Kier alpha value is -0.0400. The molecule has 0 N–H and O–H groups in total. The van der Waals surface area contributed by atoms with Gasteiger partial charge in [0.2, 0.25) is 0 Å². The average molecular weight is 296 g/mol. The molecule has 0 bridgehead atoms. The molecular weight excluding hydrogens is 254 g/mol. The van der Waals surface area contributed by atoms with E-state index in [1.54, 1.807) is 0 Å². The molecule has 1 heteroatoms. The SMILES string of the molecule is CCCCCCCCCCCCCCC1CCCN1CC. The topological polar surface area (TPSA) is 3.24 Å². The van der Waals surface area contributed by atoms with E-state index in [2.05, 4.69) is 18.7 Å². The summed E-state index contributed by atoms with van der Waals surface area (Å²) in [5.74, 6) is 0. The molecule has 1 unspecified atom stereocenters. The Labute approximate surface area is 134 Å². The Kier molecular flexibility index (Phi) is 12.3. The van der Waals surface area contributed by atoms with Crippen LogP contribution < -0.4 is 0 Å². The highest BCUT2D eigenvalue weighted by atomic mass is 15.2. The summed E-state index contributed by atoms with van der Waals surface area (Å²) in [6.07, 6.45) is 22.0. The van der Waals surface area contributed by atoms with E-state index in [1.165, 1.54) is 109 Å². The standard InChI is InChI=1S/C20H41N/c1-3-5-6-7-8-9-10-11-12-13-14-15-17-20-18-16-19-21(20)4-2/h20H,3-19H2,1-2H3. The summed E-state index contributed by atoms with van der Waals surface area (Å²) >= 11 is 0. The third-order valence-electron chi connectivity index (χ3n) is 5.30. The lowest BCUT2D eigenvalue weighted by Crippen LogP contribution is -2.28. The van der Waals surface area contributed by atoms with E-state index in [-0.39, 0.29) is 0 Å².